The van der Waals surface area contributed by atoms with Crippen molar-refractivity contribution >= 4 is 31.9 Å². The lowest BCUT2D eigenvalue weighted by atomic mass is 9.93. The van der Waals surface area contributed by atoms with Crippen LogP contribution in [0.1, 0.15) is 34.3 Å². The summed E-state index contributed by atoms with van der Waals surface area (Å²) in [6.45, 7) is 4.10. The summed E-state index contributed by atoms with van der Waals surface area (Å²) < 4.78 is 2.07. The van der Waals surface area contributed by atoms with E-state index in [0.717, 1.165) is 31.2 Å². The summed E-state index contributed by atoms with van der Waals surface area (Å²) in [4.78, 5) is 0. The van der Waals surface area contributed by atoms with Gasteiger partial charge in [-0.05, 0) is 36.1 Å². The molecule has 0 amide bonds. The van der Waals surface area contributed by atoms with Crippen LogP contribution in [0.5, 0.6) is 0 Å². The molecule has 0 saturated heterocycles. The van der Waals surface area contributed by atoms with Gasteiger partial charge in [0.2, 0.25) is 0 Å². The highest BCUT2D eigenvalue weighted by Crippen LogP contribution is 2.35. The van der Waals surface area contributed by atoms with Gasteiger partial charge in [-0.2, -0.15) is 0 Å². The molecule has 4 N–H and O–H groups in total. The van der Waals surface area contributed by atoms with Crippen LogP contribution in [0.4, 0.5) is 0 Å². The molecule has 2 nitrogen and oxygen atoms in total. The normalized spacial score (nSPS) is 14.1. The molecule has 0 aliphatic heterocycles. The lowest BCUT2D eigenvalue weighted by molar-refractivity contribution is 0.569. The van der Waals surface area contributed by atoms with E-state index in [4.69, 9.17) is 11.5 Å². The molecule has 106 valence electrons. The molecule has 0 spiro atoms. The topological polar surface area (TPSA) is 52.0 Å². The van der Waals surface area contributed by atoms with Crippen LogP contribution in [0.25, 0.3) is 0 Å². The van der Waals surface area contributed by atoms with E-state index >= 15 is 0 Å². The van der Waals surface area contributed by atoms with Gasteiger partial charge in [0.05, 0.1) is 12.1 Å². The molecule has 0 heterocycles. The largest absolute Gasteiger partial charge is 0.322 e. The van der Waals surface area contributed by atoms with Gasteiger partial charge >= 0.3 is 0 Å². The molecule has 2 atom stereocenters. The highest BCUT2D eigenvalue weighted by molar-refractivity contribution is 9.10. The maximum Gasteiger partial charge on any atom is 0.0502 e. The summed E-state index contributed by atoms with van der Waals surface area (Å²) in [5.41, 5.74) is 17.2. The molecule has 2 aromatic rings. The monoisotopic (exact) mass is 396 g/mol. The number of benzene rings is 2. The van der Waals surface area contributed by atoms with Crippen LogP contribution in [0.15, 0.2) is 45.3 Å². The molecule has 4 heteroatoms. The fourth-order valence-electron chi connectivity index (χ4n) is 2.24. The number of halogens is 2. The third kappa shape index (κ3) is 2.98. The van der Waals surface area contributed by atoms with Crippen molar-refractivity contribution in [3.8, 4) is 0 Å². The Morgan fingerprint density at radius 2 is 1.10 bits per heavy atom. The number of nitrogens with two attached hydrogens (primary N) is 2. The summed E-state index contributed by atoms with van der Waals surface area (Å²) >= 11 is 7.21. The van der Waals surface area contributed by atoms with E-state index in [-0.39, 0.29) is 12.1 Å². The van der Waals surface area contributed by atoms with Gasteiger partial charge in [0.15, 0.2) is 0 Å². The predicted molar refractivity (Wildman–Crippen MR) is 91.6 cm³/mol. The molecular weight excluding hydrogens is 380 g/mol. The van der Waals surface area contributed by atoms with Crippen molar-refractivity contribution in [1.82, 2.24) is 0 Å². The van der Waals surface area contributed by atoms with Crippen LogP contribution in [-0.4, -0.2) is 0 Å². The molecule has 20 heavy (non-hydrogen) atoms. The first-order valence-electron chi connectivity index (χ1n) is 6.44. The van der Waals surface area contributed by atoms with E-state index in [1.807, 2.05) is 24.3 Å². The Kier molecular flexibility index (Phi) is 5.02. The molecule has 2 aromatic carbocycles. The molecule has 0 radical (unpaired) electrons. The second-order valence-corrected chi connectivity index (χ2v) is 6.59. The zero-order chi connectivity index (χ0) is 14.9. The van der Waals surface area contributed by atoms with E-state index in [9.17, 15) is 0 Å². The Morgan fingerprint density at radius 1 is 0.750 bits per heavy atom. The first-order chi connectivity index (χ1) is 9.43. The summed E-state index contributed by atoms with van der Waals surface area (Å²) in [6, 6.07) is 11.6. The SMILES string of the molecule is Cc1cccc(C(N)C(N)c2cccc(C)c2Br)c1Br. The van der Waals surface area contributed by atoms with Crippen molar-refractivity contribution in [3.05, 3.63) is 67.6 Å². The third-order valence-electron chi connectivity index (χ3n) is 3.55. The first-order valence-corrected chi connectivity index (χ1v) is 8.03. The zero-order valence-corrected chi connectivity index (χ0v) is 14.7. The molecule has 0 saturated carbocycles. The van der Waals surface area contributed by atoms with Gasteiger partial charge in [0, 0.05) is 8.95 Å². The summed E-state index contributed by atoms with van der Waals surface area (Å²) in [6.07, 6.45) is 0. The lowest BCUT2D eigenvalue weighted by Gasteiger charge is -2.24. The molecular formula is C16H18Br2N2. The zero-order valence-electron chi connectivity index (χ0n) is 11.5. The quantitative estimate of drug-likeness (QED) is 0.799. The second kappa shape index (κ2) is 6.39. The van der Waals surface area contributed by atoms with Gasteiger partial charge in [-0.3, -0.25) is 0 Å². The third-order valence-corrected chi connectivity index (χ3v) is 5.71. The van der Waals surface area contributed by atoms with Crippen LogP contribution < -0.4 is 11.5 Å². The summed E-state index contributed by atoms with van der Waals surface area (Å²) in [5.74, 6) is 0. The number of hydrogen-bond donors (Lipinski definition) is 2. The van der Waals surface area contributed by atoms with Crippen molar-refractivity contribution in [2.45, 2.75) is 25.9 Å². The van der Waals surface area contributed by atoms with Crippen molar-refractivity contribution in [3.63, 3.8) is 0 Å². The maximum absolute atomic E-state index is 6.38. The molecule has 0 aliphatic rings. The molecule has 0 fully saturated rings. The van der Waals surface area contributed by atoms with E-state index < -0.39 is 0 Å². The fourth-order valence-corrected chi connectivity index (χ4v) is 3.30. The number of rotatable bonds is 3. The van der Waals surface area contributed by atoms with E-state index in [0.29, 0.717) is 0 Å². The Morgan fingerprint density at radius 3 is 1.45 bits per heavy atom. The van der Waals surface area contributed by atoms with Gasteiger partial charge in [0.1, 0.15) is 0 Å². The van der Waals surface area contributed by atoms with Crippen molar-refractivity contribution in [2.75, 3.05) is 0 Å². The Bertz CT molecular complexity index is 570. The minimum absolute atomic E-state index is 0.262. The smallest absolute Gasteiger partial charge is 0.0502 e. The van der Waals surface area contributed by atoms with Crippen LogP contribution in [0.3, 0.4) is 0 Å². The highest BCUT2D eigenvalue weighted by atomic mass is 79.9. The maximum atomic E-state index is 6.38. The standard InChI is InChI=1S/C16H18Br2N2/c1-9-5-3-7-11(13(9)17)15(19)16(20)12-8-4-6-10(2)14(12)18/h3-8,15-16H,19-20H2,1-2H3. The first kappa shape index (κ1) is 15.7. The summed E-state index contributed by atoms with van der Waals surface area (Å²) in [5, 5.41) is 0. The summed E-state index contributed by atoms with van der Waals surface area (Å²) in [7, 11) is 0. The lowest BCUT2D eigenvalue weighted by Crippen LogP contribution is -2.27. The highest BCUT2D eigenvalue weighted by Gasteiger charge is 2.22. The average molecular weight is 398 g/mol. The van der Waals surface area contributed by atoms with Crippen molar-refractivity contribution < 1.29 is 0 Å². The van der Waals surface area contributed by atoms with Crippen molar-refractivity contribution in [2.24, 2.45) is 11.5 Å². The molecule has 2 unspecified atom stereocenters. The molecule has 0 aliphatic carbocycles. The molecule has 0 bridgehead atoms. The van der Waals surface area contributed by atoms with Crippen LogP contribution >= 0.6 is 31.9 Å². The van der Waals surface area contributed by atoms with Gasteiger partial charge in [-0.25, -0.2) is 0 Å². The Hall–Kier alpha value is -0.680. The van der Waals surface area contributed by atoms with Crippen LogP contribution in [0.2, 0.25) is 0 Å². The fraction of sp³-hybridized carbons (Fsp3) is 0.250. The van der Waals surface area contributed by atoms with Crippen LogP contribution in [-0.2, 0) is 0 Å². The van der Waals surface area contributed by atoms with Gasteiger partial charge in [-0.15, -0.1) is 0 Å². The average Bonchev–Trinajstić information content (AvgIpc) is 2.43. The van der Waals surface area contributed by atoms with Gasteiger partial charge in [-0.1, -0.05) is 68.3 Å². The Labute approximate surface area is 136 Å². The van der Waals surface area contributed by atoms with Gasteiger partial charge in [0.25, 0.3) is 0 Å². The van der Waals surface area contributed by atoms with E-state index in [1.54, 1.807) is 0 Å². The molecule has 0 aromatic heterocycles. The van der Waals surface area contributed by atoms with Crippen molar-refractivity contribution in [1.29, 1.82) is 0 Å². The molecule has 2 rings (SSSR count). The van der Waals surface area contributed by atoms with E-state index in [2.05, 4.69) is 57.8 Å². The number of aryl methyl sites for hydroxylation is 2. The van der Waals surface area contributed by atoms with Crippen LogP contribution in [0, 0.1) is 13.8 Å². The Balaban J connectivity index is 2.40. The van der Waals surface area contributed by atoms with Gasteiger partial charge < -0.3 is 11.5 Å². The predicted octanol–water partition coefficient (Wildman–Crippen LogP) is 4.53. The number of hydrogen-bond acceptors (Lipinski definition) is 2. The minimum atomic E-state index is -0.262. The second-order valence-electron chi connectivity index (χ2n) is 5.01. The minimum Gasteiger partial charge on any atom is -0.322 e. The van der Waals surface area contributed by atoms with E-state index in [1.165, 1.54) is 0 Å².